The Labute approximate surface area is 403 Å². The molecule has 2 saturated heterocycles. The zero-order valence-corrected chi connectivity index (χ0v) is 41.4. The van der Waals surface area contributed by atoms with E-state index in [4.69, 9.17) is 28.4 Å². The van der Waals surface area contributed by atoms with Crippen LogP contribution in [0, 0.1) is 0 Å². The van der Waals surface area contributed by atoms with Crippen LogP contribution in [0.25, 0.3) is 0 Å². The number of hydrogen-bond donors (Lipinski definition) is 7. The van der Waals surface area contributed by atoms with Crippen molar-refractivity contribution in [2.45, 2.75) is 268 Å². The van der Waals surface area contributed by atoms with Gasteiger partial charge in [-0.2, -0.15) is 0 Å². The molecule has 67 heavy (non-hydrogen) atoms. The molecule has 0 radical (unpaired) electrons. The minimum absolute atomic E-state index is 0.150. The molecule has 15 nitrogen and oxygen atoms in total. The fourth-order valence-corrected chi connectivity index (χ4v) is 8.36. The quantitative estimate of drug-likeness (QED) is 0.0178. The third kappa shape index (κ3) is 27.2. The Morgan fingerprint density at radius 2 is 0.896 bits per heavy atom. The average molecular weight is 959 g/mol. The van der Waals surface area contributed by atoms with Gasteiger partial charge in [0.1, 0.15) is 55.4 Å². The monoisotopic (exact) mass is 959 g/mol. The van der Waals surface area contributed by atoms with Gasteiger partial charge < -0.3 is 64.2 Å². The maximum Gasteiger partial charge on any atom is 0.306 e. The van der Waals surface area contributed by atoms with E-state index in [1.54, 1.807) is 0 Å². The summed E-state index contributed by atoms with van der Waals surface area (Å²) in [5.41, 5.74) is 0. The summed E-state index contributed by atoms with van der Waals surface area (Å²) in [5, 5.41) is 72.6. The standard InChI is InChI=1S/C52H94O15/c1-3-5-7-9-11-13-15-17-19-21-23-25-27-29-31-33-35-44(56)64-40(38-62-43(55)34-32-30-28-26-24-22-20-18-16-14-12-10-8-6-4-2)39-63-51-49(61)50(46(58)42(37-54)65-51)67-52-48(60)47(59)45(57)41(36-53)66-52/h17-20,40-42,45-54,57-61H,3-16,21-39H2,1-2H3/b19-17+,20-18+/t40?,41-,42-,45-,46+,47+,48-,49-,50+,51-,52+/m1/s1. The first-order chi connectivity index (χ1) is 32.6. The van der Waals surface area contributed by atoms with Gasteiger partial charge in [-0.1, -0.05) is 147 Å². The van der Waals surface area contributed by atoms with E-state index in [9.17, 15) is 45.3 Å². The number of rotatable bonds is 41. The van der Waals surface area contributed by atoms with Crippen molar-refractivity contribution in [3.8, 4) is 0 Å². The summed E-state index contributed by atoms with van der Waals surface area (Å²) < 4.78 is 33.8. The maximum absolute atomic E-state index is 13.0. The summed E-state index contributed by atoms with van der Waals surface area (Å²) >= 11 is 0. The highest BCUT2D eigenvalue weighted by atomic mass is 16.7. The number of aliphatic hydroxyl groups excluding tert-OH is 7. The first kappa shape index (κ1) is 61.1. The molecule has 11 atom stereocenters. The molecule has 0 amide bonds. The molecule has 0 bridgehead atoms. The van der Waals surface area contributed by atoms with Gasteiger partial charge in [-0.3, -0.25) is 9.59 Å². The molecule has 0 aromatic carbocycles. The van der Waals surface area contributed by atoms with E-state index in [1.165, 1.54) is 77.0 Å². The third-order valence-electron chi connectivity index (χ3n) is 12.7. The summed E-state index contributed by atoms with van der Waals surface area (Å²) in [5.74, 6) is -0.951. The highest BCUT2D eigenvalue weighted by Gasteiger charge is 2.51. The molecule has 2 rings (SSSR count). The van der Waals surface area contributed by atoms with Crippen LogP contribution in [0.5, 0.6) is 0 Å². The Balaban J connectivity index is 1.85. The van der Waals surface area contributed by atoms with Gasteiger partial charge in [-0.25, -0.2) is 0 Å². The van der Waals surface area contributed by atoms with E-state index in [0.717, 1.165) is 83.5 Å². The highest BCUT2D eigenvalue weighted by molar-refractivity contribution is 5.70. The van der Waals surface area contributed by atoms with E-state index >= 15 is 0 Å². The number of hydrogen-bond acceptors (Lipinski definition) is 15. The Bertz CT molecular complexity index is 1270. The predicted octanol–water partition coefficient (Wildman–Crippen LogP) is 7.55. The Morgan fingerprint density at radius 3 is 1.37 bits per heavy atom. The van der Waals surface area contributed by atoms with Crippen molar-refractivity contribution in [2.75, 3.05) is 26.4 Å². The van der Waals surface area contributed by atoms with Crippen molar-refractivity contribution in [3.63, 3.8) is 0 Å². The normalized spacial score (nSPS) is 26.1. The van der Waals surface area contributed by atoms with Gasteiger partial charge in [0, 0.05) is 12.8 Å². The molecule has 392 valence electrons. The van der Waals surface area contributed by atoms with E-state index < -0.39 is 99.3 Å². The van der Waals surface area contributed by atoms with Gasteiger partial charge in [0.15, 0.2) is 18.7 Å². The van der Waals surface area contributed by atoms with Gasteiger partial charge in [-0.05, 0) is 64.2 Å². The second-order valence-corrected chi connectivity index (χ2v) is 18.7. The number of carbonyl (C=O) groups excluding carboxylic acids is 2. The number of esters is 2. The lowest BCUT2D eigenvalue weighted by molar-refractivity contribution is -0.361. The smallest absolute Gasteiger partial charge is 0.306 e. The van der Waals surface area contributed by atoms with Gasteiger partial charge in [0.05, 0.1) is 19.8 Å². The van der Waals surface area contributed by atoms with E-state index in [1.807, 2.05) is 0 Å². The van der Waals surface area contributed by atoms with Crippen molar-refractivity contribution >= 4 is 11.9 Å². The van der Waals surface area contributed by atoms with E-state index in [2.05, 4.69) is 38.2 Å². The van der Waals surface area contributed by atoms with E-state index in [0.29, 0.717) is 12.8 Å². The zero-order chi connectivity index (χ0) is 48.9. The summed E-state index contributed by atoms with van der Waals surface area (Å²) in [6.45, 7) is 2.30. The van der Waals surface area contributed by atoms with Crippen LogP contribution in [0.15, 0.2) is 24.3 Å². The largest absolute Gasteiger partial charge is 0.462 e. The van der Waals surface area contributed by atoms with Crippen LogP contribution in [-0.4, -0.2) is 142 Å². The van der Waals surface area contributed by atoms with Gasteiger partial charge >= 0.3 is 11.9 Å². The molecule has 1 unspecified atom stereocenters. The molecule has 2 heterocycles. The van der Waals surface area contributed by atoms with Crippen molar-refractivity contribution in [3.05, 3.63) is 24.3 Å². The van der Waals surface area contributed by atoms with Crippen LogP contribution in [0.1, 0.15) is 200 Å². The second kappa shape index (κ2) is 39.7. The molecule has 0 aromatic heterocycles. The Morgan fingerprint density at radius 1 is 0.478 bits per heavy atom. The number of carbonyl (C=O) groups is 2. The molecular weight excluding hydrogens is 865 g/mol. The number of ether oxygens (including phenoxy) is 6. The van der Waals surface area contributed by atoms with Crippen molar-refractivity contribution in [1.82, 2.24) is 0 Å². The van der Waals surface area contributed by atoms with Crippen LogP contribution in [0.4, 0.5) is 0 Å². The molecule has 15 heteroatoms. The zero-order valence-electron chi connectivity index (χ0n) is 41.4. The topological polar surface area (TPSA) is 231 Å². The molecule has 0 spiro atoms. The Hall–Kier alpha value is -2.02. The summed E-state index contributed by atoms with van der Waals surface area (Å²) in [4.78, 5) is 25.8. The Kier molecular flexibility index (Phi) is 36.2. The molecular formula is C52H94O15. The van der Waals surface area contributed by atoms with Gasteiger partial charge in [0.25, 0.3) is 0 Å². The number of unbranched alkanes of at least 4 members (excludes halogenated alkanes) is 23. The lowest BCUT2D eigenvalue weighted by Gasteiger charge is -2.46. The first-order valence-corrected chi connectivity index (χ1v) is 26.4. The third-order valence-corrected chi connectivity index (χ3v) is 12.7. The fraction of sp³-hybridized carbons (Fsp3) is 0.885. The second-order valence-electron chi connectivity index (χ2n) is 18.7. The van der Waals surface area contributed by atoms with Crippen LogP contribution >= 0.6 is 0 Å². The van der Waals surface area contributed by atoms with Crippen LogP contribution in [0.2, 0.25) is 0 Å². The fourth-order valence-electron chi connectivity index (χ4n) is 8.36. The summed E-state index contributed by atoms with van der Waals surface area (Å²) in [7, 11) is 0. The lowest BCUT2D eigenvalue weighted by atomic mass is 9.97. The number of allylic oxidation sites excluding steroid dienone is 4. The molecule has 2 aliphatic rings. The van der Waals surface area contributed by atoms with Crippen LogP contribution in [-0.2, 0) is 38.0 Å². The van der Waals surface area contributed by atoms with Crippen molar-refractivity contribution in [2.24, 2.45) is 0 Å². The molecule has 2 fully saturated rings. The molecule has 7 N–H and O–H groups in total. The summed E-state index contributed by atoms with van der Waals surface area (Å²) in [6, 6.07) is 0. The van der Waals surface area contributed by atoms with Crippen molar-refractivity contribution in [1.29, 1.82) is 0 Å². The van der Waals surface area contributed by atoms with Crippen LogP contribution < -0.4 is 0 Å². The van der Waals surface area contributed by atoms with Gasteiger partial charge in [-0.15, -0.1) is 0 Å². The average Bonchev–Trinajstić information content (AvgIpc) is 3.32. The first-order valence-electron chi connectivity index (χ1n) is 26.4. The minimum Gasteiger partial charge on any atom is -0.462 e. The summed E-state index contributed by atoms with van der Waals surface area (Å²) in [6.07, 6.45) is 22.9. The van der Waals surface area contributed by atoms with E-state index in [-0.39, 0.29) is 19.4 Å². The molecule has 0 saturated carbocycles. The van der Waals surface area contributed by atoms with Gasteiger partial charge in [0.2, 0.25) is 0 Å². The molecule has 2 aliphatic heterocycles. The maximum atomic E-state index is 13.0. The predicted molar refractivity (Wildman–Crippen MR) is 257 cm³/mol. The van der Waals surface area contributed by atoms with Crippen molar-refractivity contribution < 1.29 is 73.8 Å². The minimum atomic E-state index is -1.83. The lowest BCUT2D eigenvalue weighted by Crippen LogP contribution is -2.65. The highest BCUT2D eigenvalue weighted by Crippen LogP contribution is 2.30. The number of aliphatic hydroxyl groups is 7. The molecule has 0 aliphatic carbocycles. The SMILES string of the molecule is CCCCCCCC/C=C/CCCCCCCCC(=O)OC(COC(=O)CCCCCCC/C=C/CCCCCCCC)CO[C@@H]1O[C@H](CO)[C@H](O)[C@H](O[C@@H]2O[C@H](CO)[C@@H](O)[C@H](O)[C@H]2O)[C@H]1O. The van der Waals surface area contributed by atoms with Crippen LogP contribution in [0.3, 0.4) is 0 Å². The molecule has 0 aromatic rings.